The molecule has 3 heteroatoms. The average Bonchev–Trinajstić information content (AvgIpc) is 2.99. The maximum atomic E-state index is 4.99. The van der Waals surface area contributed by atoms with Gasteiger partial charge in [-0.2, -0.15) is 0 Å². The minimum absolute atomic E-state index is 0.595. The molecular formula is C21H25N3. The third-order valence-electron chi connectivity index (χ3n) is 5.09. The van der Waals surface area contributed by atoms with E-state index in [4.69, 9.17) is 4.98 Å². The SMILES string of the molecule is Cc1ccc2nc(C3CCCCC3)c(NCc3ccccc3)n2c1. The van der Waals surface area contributed by atoms with Gasteiger partial charge in [0.05, 0.1) is 5.69 Å². The largest absolute Gasteiger partial charge is 0.366 e. The fourth-order valence-electron chi connectivity index (χ4n) is 3.79. The van der Waals surface area contributed by atoms with Crippen LogP contribution in [0.3, 0.4) is 0 Å². The van der Waals surface area contributed by atoms with Crippen molar-refractivity contribution in [1.29, 1.82) is 0 Å². The first-order chi connectivity index (χ1) is 11.8. The van der Waals surface area contributed by atoms with Gasteiger partial charge < -0.3 is 5.32 Å². The van der Waals surface area contributed by atoms with E-state index in [1.807, 2.05) is 0 Å². The molecule has 1 aliphatic rings. The zero-order valence-corrected chi connectivity index (χ0v) is 14.3. The number of pyridine rings is 1. The molecule has 3 aromatic rings. The molecule has 24 heavy (non-hydrogen) atoms. The molecule has 1 saturated carbocycles. The van der Waals surface area contributed by atoms with Gasteiger partial charge >= 0.3 is 0 Å². The zero-order valence-electron chi connectivity index (χ0n) is 14.3. The fraction of sp³-hybridized carbons (Fsp3) is 0.381. The van der Waals surface area contributed by atoms with Crippen molar-refractivity contribution in [2.75, 3.05) is 5.32 Å². The number of benzene rings is 1. The lowest BCUT2D eigenvalue weighted by molar-refractivity contribution is 0.438. The number of aromatic nitrogens is 2. The quantitative estimate of drug-likeness (QED) is 0.707. The first-order valence-electron chi connectivity index (χ1n) is 9.07. The number of hydrogen-bond acceptors (Lipinski definition) is 2. The standard InChI is InChI=1S/C21H25N3/c1-16-12-13-19-23-20(18-10-6-3-7-11-18)21(24(19)15-16)22-14-17-8-4-2-5-9-17/h2,4-5,8-9,12-13,15,18,22H,3,6-7,10-11,14H2,1H3. The van der Waals surface area contributed by atoms with Crippen molar-refractivity contribution in [3.8, 4) is 0 Å². The number of anilines is 1. The van der Waals surface area contributed by atoms with Crippen molar-refractivity contribution in [3.05, 3.63) is 65.5 Å². The maximum Gasteiger partial charge on any atom is 0.138 e. The molecule has 0 saturated heterocycles. The van der Waals surface area contributed by atoms with E-state index < -0.39 is 0 Å². The van der Waals surface area contributed by atoms with Gasteiger partial charge in [0.2, 0.25) is 0 Å². The molecule has 0 amide bonds. The molecule has 2 heterocycles. The van der Waals surface area contributed by atoms with E-state index in [0.29, 0.717) is 5.92 Å². The Hall–Kier alpha value is -2.29. The summed E-state index contributed by atoms with van der Waals surface area (Å²) in [6.45, 7) is 2.98. The lowest BCUT2D eigenvalue weighted by Crippen LogP contribution is -2.10. The van der Waals surface area contributed by atoms with Crippen LogP contribution in [0, 0.1) is 6.92 Å². The number of rotatable bonds is 4. The summed E-state index contributed by atoms with van der Waals surface area (Å²) < 4.78 is 2.24. The second kappa shape index (κ2) is 6.68. The number of hydrogen-bond donors (Lipinski definition) is 1. The van der Waals surface area contributed by atoms with Crippen LogP contribution in [0.2, 0.25) is 0 Å². The normalized spacial score (nSPS) is 15.7. The predicted octanol–water partition coefficient (Wildman–Crippen LogP) is 5.30. The van der Waals surface area contributed by atoms with E-state index in [1.54, 1.807) is 0 Å². The summed E-state index contributed by atoms with van der Waals surface area (Å²) in [6.07, 6.45) is 8.76. The summed E-state index contributed by atoms with van der Waals surface area (Å²) in [5.74, 6) is 1.78. The van der Waals surface area contributed by atoms with Crippen LogP contribution in [0.15, 0.2) is 48.7 Å². The van der Waals surface area contributed by atoms with Gasteiger partial charge in [-0.3, -0.25) is 4.40 Å². The van der Waals surface area contributed by atoms with Gasteiger partial charge in [-0.25, -0.2) is 4.98 Å². The van der Waals surface area contributed by atoms with E-state index in [1.165, 1.54) is 54.7 Å². The average molecular weight is 319 g/mol. The molecule has 3 nitrogen and oxygen atoms in total. The van der Waals surface area contributed by atoms with Crippen molar-refractivity contribution < 1.29 is 0 Å². The Morgan fingerprint density at radius 3 is 2.62 bits per heavy atom. The highest BCUT2D eigenvalue weighted by molar-refractivity contribution is 5.57. The van der Waals surface area contributed by atoms with Crippen LogP contribution < -0.4 is 5.32 Å². The summed E-state index contributed by atoms with van der Waals surface area (Å²) in [4.78, 5) is 4.99. The second-order valence-electron chi connectivity index (χ2n) is 6.95. The van der Waals surface area contributed by atoms with Crippen LogP contribution in [0.4, 0.5) is 5.82 Å². The highest BCUT2D eigenvalue weighted by Crippen LogP contribution is 2.36. The van der Waals surface area contributed by atoms with Crippen LogP contribution in [-0.4, -0.2) is 9.38 Å². The monoisotopic (exact) mass is 319 g/mol. The number of nitrogens with zero attached hydrogens (tertiary/aromatic N) is 2. The Bertz CT molecular complexity index is 814. The van der Waals surface area contributed by atoms with Crippen molar-refractivity contribution >= 4 is 11.5 Å². The third-order valence-corrected chi connectivity index (χ3v) is 5.09. The van der Waals surface area contributed by atoms with Gasteiger partial charge in [0.15, 0.2) is 0 Å². The van der Waals surface area contributed by atoms with E-state index in [-0.39, 0.29) is 0 Å². The minimum atomic E-state index is 0.595. The van der Waals surface area contributed by atoms with Crippen LogP contribution >= 0.6 is 0 Å². The maximum absolute atomic E-state index is 4.99. The molecule has 0 aliphatic heterocycles. The Balaban J connectivity index is 1.70. The van der Waals surface area contributed by atoms with E-state index in [9.17, 15) is 0 Å². The molecule has 0 spiro atoms. The summed E-state index contributed by atoms with van der Waals surface area (Å²) in [6, 6.07) is 14.9. The number of fused-ring (bicyclic) bond motifs is 1. The Kier molecular flexibility index (Phi) is 4.24. The second-order valence-corrected chi connectivity index (χ2v) is 6.95. The smallest absolute Gasteiger partial charge is 0.138 e. The van der Waals surface area contributed by atoms with Crippen molar-refractivity contribution in [1.82, 2.24) is 9.38 Å². The first kappa shape index (κ1) is 15.3. The summed E-state index contributed by atoms with van der Waals surface area (Å²) in [5, 5.41) is 3.68. The fourth-order valence-corrected chi connectivity index (χ4v) is 3.79. The molecule has 1 aromatic carbocycles. The highest BCUT2D eigenvalue weighted by Gasteiger charge is 2.23. The Labute approximate surface area is 143 Å². The van der Waals surface area contributed by atoms with Crippen LogP contribution in [-0.2, 0) is 6.54 Å². The van der Waals surface area contributed by atoms with E-state index in [0.717, 1.165) is 12.2 Å². The summed E-state index contributed by atoms with van der Waals surface area (Å²) in [5.41, 5.74) is 4.88. The lowest BCUT2D eigenvalue weighted by Gasteiger charge is -2.21. The third kappa shape index (κ3) is 3.03. The molecule has 4 rings (SSSR count). The van der Waals surface area contributed by atoms with Gasteiger partial charge in [-0.1, -0.05) is 55.7 Å². The highest BCUT2D eigenvalue weighted by atomic mass is 15.1. The summed E-state index contributed by atoms with van der Waals surface area (Å²) >= 11 is 0. The van der Waals surface area contributed by atoms with Gasteiger partial charge in [0.1, 0.15) is 11.5 Å². The lowest BCUT2D eigenvalue weighted by atomic mass is 9.87. The molecular weight excluding hydrogens is 294 g/mol. The van der Waals surface area contributed by atoms with Crippen LogP contribution in [0.25, 0.3) is 5.65 Å². The Morgan fingerprint density at radius 1 is 1.04 bits per heavy atom. The number of aryl methyl sites for hydroxylation is 1. The van der Waals surface area contributed by atoms with Crippen LogP contribution in [0.5, 0.6) is 0 Å². The van der Waals surface area contributed by atoms with Crippen LogP contribution in [0.1, 0.15) is 54.8 Å². The molecule has 0 atom stereocenters. The first-order valence-corrected chi connectivity index (χ1v) is 9.07. The molecule has 124 valence electrons. The topological polar surface area (TPSA) is 29.3 Å². The molecule has 1 N–H and O–H groups in total. The van der Waals surface area contributed by atoms with Gasteiger partial charge in [-0.15, -0.1) is 0 Å². The van der Waals surface area contributed by atoms with Gasteiger partial charge in [0, 0.05) is 18.7 Å². The van der Waals surface area contributed by atoms with Crippen molar-refractivity contribution in [3.63, 3.8) is 0 Å². The Morgan fingerprint density at radius 2 is 1.83 bits per heavy atom. The minimum Gasteiger partial charge on any atom is -0.366 e. The molecule has 0 radical (unpaired) electrons. The summed E-state index contributed by atoms with van der Waals surface area (Å²) in [7, 11) is 0. The van der Waals surface area contributed by atoms with Gasteiger partial charge in [0.25, 0.3) is 0 Å². The molecule has 0 bridgehead atoms. The van der Waals surface area contributed by atoms with Gasteiger partial charge in [-0.05, 0) is 37.0 Å². The van der Waals surface area contributed by atoms with E-state index >= 15 is 0 Å². The van der Waals surface area contributed by atoms with Crippen molar-refractivity contribution in [2.45, 2.75) is 51.5 Å². The molecule has 0 unspecified atom stereocenters. The number of imidazole rings is 1. The number of nitrogens with one attached hydrogen (secondary N) is 1. The molecule has 1 fully saturated rings. The zero-order chi connectivity index (χ0) is 16.4. The predicted molar refractivity (Wildman–Crippen MR) is 99.5 cm³/mol. The van der Waals surface area contributed by atoms with Crippen molar-refractivity contribution in [2.24, 2.45) is 0 Å². The molecule has 1 aliphatic carbocycles. The molecule has 2 aromatic heterocycles. The van der Waals surface area contributed by atoms with E-state index in [2.05, 4.69) is 65.3 Å².